The monoisotopic (exact) mass is 398 g/mol. The Labute approximate surface area is 169 Å². The van der Waals surface area contributed by atoms with Crippen LogP contribution in [0.25, 0.3) is 0 Å². The quantitative estimate of drug-likeness (QED) is 0.798. The molecule has 0 saturated carbocycles. The van der Waals surface area contributed by atoms with Gasteiger partial charge in [0.25, 0.3) is 0 Å². The molecule has 2 saturated heterocycles. The molecule has 0 spiro atoms. The molecule has 1 aromatic carbocycles. The molecular weight excluding hydrogens is 372 g/mol. The molecule has 1 N–H and O–H groups in total. The van der Waals surface area contributed by atoms with Crippen LogP contribution in [0.1, 0.15) is 30.0 Å². The van der Waals surface area contributed by atoms with Gasteiger partial charge in [-0.25, -0.2) is 0 Å². The summed E-state index contributed by atoms with van der Waals surface area (Å²) in [7, 11) is 0. The Bertz CT molecular complexity index is 832. The fraction of sp³-hybridized carbons (Fsp3) is 0.476. The van der Waals surface area contributed by atoms with Crippen molar-refractivity contribution in [3.63, 3.8) is 0 Å². The number of nitrogens with zero attached hydrogens (tertiary/aromatic N) is 3. The number of carbonyl (C=O) groups is 2. The molecular formula is C21H26N4O4. The van der Waals surface area contributed by atoms with E-state index in [0.29, 0.717) is 51.8 Å². The van der Waals surface area contributed by atoms with Gasteiger partial charge >= 0.3 is 0 Å². The minimum absolute atomic E-state index is 0.0150. The fourth-order valence-electron chi connectivity index (χ4n) is 3.73. The largest absolute Gasteiger partial charge is 0.472 e. The van der Waals surface area contributed by atoms with E-state index in [1.54, 1.807) is 9.80 Å². The molecule has 1 unspecified atom stereocenters. The molecule has 2 aliphatic heterocycles. The number of hydrogen-bond acceptors (Lipinski definition) is 5. The van der Waals surface area contributed by atoms with Crippen molar-refractivity contribution < 1.29 is 19.1 Å². The number of piperidine rings is 1. The van der Waals surface area contributed by atoms with Crippen LogP contribution in [-0.2, 0) is 20.9 Å². The van der Waals surface area contributed by atoms with E-state index in [-0.39, 0.29) is 24.3 Å². The van der Waals surface area contributed by atoms with Crippen molar-refractivity contribution in [1.82, 2.24) is 20.0 Å². The highest BCUT2D eigenvalue weighted by Crippen LogP contribution is 2.28. The first kappa shape index (κ1) is 19.4. The summed E-state index contributed by atoms with van der Waals surface area (Å²) < 4.78 is 11.0. The molecule has 4 rings (SSSR count). The maximum atomic E-state index is 12.5. The summed E-state index contributed by atoms with van der Waals surface area (Å²) in [6.07, 6.45) is 1.17. The standard InChI is InChI=1S/C21H26N4O4/c26-20-7-6-17(13-25(20)14-21(27)24-8-10-28-11-9-24)18-12-19(23-22-18)29-15-16-4-2-1-3-5-16/h1-5,12,17H,6-11,13-15H2,(H,22,23). The number of amides is 2. The predicted molar refractivity (Wildman–Crippen MR) is 105 cm³/mol. The van der Waals surface area contributed by atoms with Crippen molar-refractivity contribution in [2.45, 2.75) is 25.4 Å². The molecule has 2 aliphatic rings. The van der Waals surface area contributed by atoms with Crippen LogP contribution in [0.2, 0.25) is 0 Å². The van der Waals surface area contributed by atoms with Gasteiger partial charge in [-0.2, -0.15) is 0 Å². The lowest BCUT2D eigenvalue weighted by Gasteiger charge is -2.34. The molecule has 29 heavy (non-hydrogen) atoms. The number of aromatic amines is 1. The molecule has 154 valence electrons. The smallest absolute Gasteiger partial charge is 0.242 e. The summed E-state index contributed by atoms with van der Waals surface area (Å²) in [4.78, 5) is 28.3. The van der Waals surface area contributed by atoms with E-state index in [1.807, 2.05) is 36.4 Å². The molecule has 8 nitrogen and oxygen atoms in total. The van der Waals surface area contributed by atoms with E-state index in [1.165, 1.54) is 0 Å². The van der Waals surface area contributed by atoms with E-state index in [9.17, 15) is 9.59 Å². The highest BCUT2D eigenvalue weighted by atomic mass is 16.5. The third-order valence-corrected chi connectivity index (χ3v) is 5.43. The Kier molecular flexibility index (Phi) is 6.09. The molecule has 2 aromatic rings. The minimum Gasteiger partial charge on any atom is -0.472 e. The Balaban J connectivity index is 1.33. The first-order chi connectivity index (χ1) is 14.2. The summed E-state index contributed by atoms with van der Waals surface area (Å²) in [6.45, 7) is 3.38. The van der Waals surface area contributed by atoms with Gasteiger partial charge < -0.3 is 19.3 Å². The average Bonchev–Trinajstić information content (AvgIpc) is 3.24. The highest BCUT2D eigenvalue weighted by molar-refractivity contribution is 5.85. The van der Waals surface area contributed by atoms with Crippen LogP contribution in [0.5, 0.6) is 5.88 Å². The summed E-state index contributed by atoms with van der Waals surface area (Å²) >= 11 is 0. The number of nitrogens with one attached hydrogen (secondary N) is 1. The van der Waals surface area contributed by atoms with Crippen molar-refractivity contribution in [2.24, 2.45) is 0 Å². The molecule has 8 heteroatoms. The van der Waals surface area contributed by atoms with E-state index in [4.69, 9.17) is 9.47 Å². The second-order valence-corrected chi connectivity index (χ2v) is 7.44. The Morgan fingerprint density at radius 3 is 2.83 bits per heavy atom. The zero-order chi connectivity index (χ0) is 20.1. The third-order valence-electron chi connectivity index (χ3n) is 5.43. The third kappa shape index (κ3) is 4.95. The average molecular weight is 398 g/mol. The number of rotatable bonds is 6. The van der Waals surface area contributed by atoms with Crippen LogP contribution in [0.15, 0.2) is 36.4 Å². The predicted octanol–water partition coefficient (Wildman–Crippen LogP) is 1.55. The van der Waals surface area contributed by atoms with E-state index in [0.717, 1.165) is 17.7 Å². The lowest BCUT2D eigenvalue weighted by Crippen LogP contribution is -2.49. The Morgan fingerprint density at radius 1 is 1.24 bits per heavy atom. The zero-order valence-corrected chi connectivity index (χ0v) is 16.4. The minimum atomic E-state index is -0.0150. The number of carbonyl (C=O) groups excluding carboxylic acids is 2. The fourth-order valence-corrected chi connectivity index (χ4v) is 3.73. The van der Waals surface area contributed by atoms with Gasteiger partial charge in [-0.3, -0.25) is 14.7 Å². The number of hydrogen-bond donors (Lipinski definition) is 1. The number of H-pyrrole nitrogens is 1. The summed E-state index contributed by atoms with van der Waals surface area (Å²) in [5, 5.41) is 7.28. The SMILES string of the molecule is O=C(CN1CC(c2cc(OCc3ccccc3)n[nH]2)CCC1=O)N1CCOCC1. The van der Waals surface area contributed by atoms with Gasteiger partial charge in [0.1, 0.15) is 6.61 Å². The number of benzene rings is 1. The lowest BCUT2D eigenvalue weighted by molar-refractivity contribution is -0.144. The van der Waals surface area contributed by atoms with Crippen LogP contribution >= 0.6 is 0 Å². The topological polar surface area (TPSA) is 87.8 Å². The Morgan fingerprint density at radius 2 is 2.03 bits per heavy atom. The first-order valence-electron chi connectivity index (χ1n) is 10.0. The van der Waals surface area contributed by atoms with E-state index < -0.39 is 0 Å². The normalized spacial score (nSPS) is 20.0. The Hall–Kier alpha value is -2.87. The number of morpholine rings is 1. The lowest BCUT2D eigenvalue weighted by atomic mass is 9.94. The molecule has 0 bridgehead atoms. The second-order valence-electron chi connectivity index (χ2n) is 7.44. The van der Waals surface area contributed by atoms with Gasteiger partial charge in [-0.1, -0.05) is 30.3 Å². The molecule has 0 aliphatic carbocycles. The molecule has 2 fully saturated rings. The molecule has 2 amide bonds. The van der Waals surface area contributed by atoms with Gasteiger partial charge in [-0.15, -0.1) is 5.10 Å². The number of ether oxygens (including phenoxy) is 2. The van der Waals surface area contributed by atoms with Crippen LogP contribution in [0, 0.1) is 0 Å². The number of likely N-dealkylation sites (tertiary alicyclic amines) is 1. The van der Waals surface area contributed by atoms with Crippen molar-refractivity contribution in [3.05, 3.63) is 47.7 Å². The van der Waals surface area contributed by atoms with Gasteiger partial charge in [0.15, 0.2) is 0 Å². The van der Waals surface area contributed by atoms with Crippen LogP contribution in [0.4, 0.5) is 0 Å². The number of aromatic nitrogens is 2. The van der Waals surface area contributed by atoms with Gasteiger partial charge in [-0.05, 0) is 12.0 Å². The summed E-state index contributed by atoms with van der Waals surface area (Å²) in [5.74, 6) is 0.671. The van der Waals surface area contributed by atoms with Gasteiger partial charge in [0, 0.05) is 43.7 Å². The van der Waals surface area contributed by atoms with Gasteiger partial charge in [0.2, 0.25) is 17.7 Å². The zero-order valence-electron chi connectivity index (χ0n) is 16.4. The molecule has 3 heterocycles. The van der Waals surface area contributed by atoms with Gasteiger partial charge in [0.05, 0.1) is 19.8 Å². The maximum absolute atomic E-state index is 12.5. The van der Waals surface area contributed by atoms with Crippen molar-refractivity contribution in [3.8, 4) is 5.88 Å². The van der Waals surface area contributed by atoms with Crippen molar-refractivity contribution >= 4 is 11.8 Å². The van der Waals surface area contributed by atoms with Crippen molar-refractivity contribution in [2.75, 3.05) is 39.4 Å². The first-order valence-corrected chi connectivity index (χ1v) is 10.0. The molecule has 1 atom stereocenters. The highest BCUT2D eigenvalue weighted by Gasteiger charge is 2.30. The van der Waals surface area contributed by atoms with Crippen molar-refractivity contribution in [1.29, 1.82) is 0 Å². The maximum Gasteiger partial charge on any atom is 0.242 e. The molecule has 0 radical (unpaired) electrons. The van der Waals surface area contributed by atoms with E-state index >= 15 is 0 Å². The summed E-state index contributed by atoms with van der Waals surface area (Å²) in [6, 6.07) is 11.8. The van der Waals surface area contributed by atoms with Crippen LogP contribution in [-0.4, -0.2) is 71.2 Å². The second kappa shape index (κ2) is 9.09. The summed E-state index contributed by atoms with van der Waals surface area (Å²) in [5.41, 5.74) is 2.01. The van der Waals surface area contributed by atoms with Crippen LogP contribution in [0.3, 0.4) is 0 Å². The van der Waals surface area contributed by atoms with E-state index in [2.05, 4.69) is 10.2 Å². The van der Waals surface area contributed by atoms with Crippen LogP contribution < -0.4 is 4.74 Å². The molecule has 1 aromatic heterocycles.